The molecule has 3 amide bonds. The molecule has 2 aliphatic rings. The van der Waals surface area contributed by atoms with Gasteiger partial charge in [0.2, 0.25) is 0 Å². The third-order valence-corrected chi connectivity index (χ3v) is 5.42. The summed E-state index contributed by atoms with van der Waals surface area (Å²) in [5.74, 6) is 0.180. The lowest BCUT2D eigenvalue weighted by molar-refractivity contribution is -0.115. The Hall–Kier alpha value is -3.92. The summed E-state index contributed by atoms with van der Waals surface area (Å²) >= 11 is 0. The lowest BCUT2D eigenvalue weighted by Gasteiger charge is -2.34. The van der Waals surface area contributed by atoms with Crippen molar-refractivity contribution >= 4 is 40.9 Å². The number of fused-ring (bicyclic) bond motifs is 1. The topological polar surface area (TPSA) is 107 Å². The lowest BCUT2D eigenvalue weighted by Crippen LogP contribution is -2.44. The quantitative estimate of drug-likeness (QED) is 0.434. The molecule has 10 nitrogen and oxygen atoms in total. The van der Waals surface area contributed by atoms with Crippen molar-refractivity contribution in [3.63, 3.8) is 0 Å². The zero-order valence-electron chi connectivity index (χ0n) is 17.0. The van der Waals surface area contributed by atoms with Gasteiger partial charge >= 0.3 is 6.03 Å². The summed E-state index contributed by atoms with van der Waals surface area (Å²) in [6, 6.07) is 9.59. The molecule has 4 heterocycles. The van der Waals surface area contributed by atoms with Crippen LogP contribution in [0.2, 0.25) is 0 Å². The van der Waals surface area contributed by atoms with Gasteiger partial charge in [0.15, 0.2) is 5.65 Å². The van der Waals surface area contributed by atoms with Crippen molar-refractivity contribution in [3.05, 3.63) is 54.0 Å². The van der Waals surface area contributed by atoms with Crippen LogP contribution in [0.3, 0.4) is 0 Å². The highest BCUT2D eigenvalue weighted by atomic mass is 16.2. The van der Waals surface area contributed by atoms with Crippen LogP contribution in [0.4, 0.5) is 22.0 Å². The minimum absolute atomic E-state index is 0.166. The maximum absolute atomic E-state index is 11.8. The average molecular weight is 418 g/mol. The maximum Gasteiger partial charge on any atom is 0.326 e. The summed E-state index contributed by atoms with van der Waals surface area (Å²) in [6.07, 6.45) is 4.95. The summed E-state index contributed by atoms with van der Waals surface area (Å²) in [5.41, 5.74) is 3.50. The molecular formula is C21H22N8O2. The molecule has 158 valence electrons. The van der Waals surface area contributed by atoms with Gasteiger partial charge in [-0.3, -0.25) is 10.1 Å². The van der Waals surface area contributed by atoms with Gasteiger partial charge in [0, 0.05) is 49.3 Å². The number of nitrogens with one attached hydrogen (secondary N) is 3. The molecule has 2 fully saturated rings. The molecule has 10 heteroatoms. The first-order valence-corrected chi connectivity index (χ1v) is 10.0. The zero-order valence-corrected chi connectivity index (χ0v) is 17.0. The molecule has 1 aromatic carbocycles. The number of piperazine rings is 1. The Bertz CT molecular complexity index is 1180. The fraction of sp³-hybridized carbons (Fsp3) is 0.238. The number of carbonyl (C=O) groups is 2. The molecule has 0 saturated carbocycles. The standard InChI is InChI=1S/C21H22N8O2/c1-27-8-10-28(11-9-27)16-4-2-15(3-5-16)23-18-6-7-29-19(25-18)14(13-22-29)12-17-20(30)26-21(31)24-17/h2-7,12-13H,8-11H2,1H3,(H,23,25)(H2,24,26,30,31)/b17-12+. The molecule has 3 aromatic rings. The number of amides is 3. The molecule has 5 rings (SSSR count). The maximum atomic E-state index is 11.8. The zero-order chi connectivity index (χ0) is 21.4. The molecule has 0 atom stereocenters. The van der Waals surface area contributed by atoms with Crippen LogP contribution in [0.1, 0.15) is 5.56 Å². The first-order valence-electron chi connectivity index (χ1n) is 10.0. The smallest absolute Gasteiger partial charge is 0.326 e. The summed E-state index contributed by atoms with van der Waals surface area (Å²) < 4.78 is 1.61. The van der Waals surface area contributed by atoms with E-state index in [4.69, 9.17) is 0 Å². The van der Waals surface area contributed by atoms with E-state index in [1.165, 1.54) is 5.69 Å². The number of imide groups is 1. The van der Waals surface area contributed by atoms with E-state index < -0.39 is 11.9 Å². The van der Waals surface area contributed by atoms with Crippen LogP contribution in [0.25, 0.3) is 11.7 Å². The van der Waals surface area contributed by atoms with Crippen LogP contribution in [0, 0.1) is 0 Å². The Morgan fingerprint density at radius 3 is 2.52 bits per heavy atom. The molecule has 0 unspecified atom stereocenters. The molecular weight excluding hydrogens is 396 g/mol. The van der Waals surface area contributed by atoms with Crippen molar-refractivity contribution in [1.29, 1.82) is 0 Å². The van der Waals surface area contributed by atoms with Gasteiger partial charge in [-0.25, -0.2) is 14.3 Å². The molecule has 3 N–H and O–H groups in total. The van der Waals surface area contributed by atoms with Crippen molar-refractivity contribution in [2.75, 3.05) is 43.4 Å². The summed E-state index contributed by atoms with van der Waals surface area (Å²) in [4.78, 5) is 32.4. The van der Waals surface area contributed by atoms with Crippen molar-refractivity contribution in [2.24, 2.45) is 0 Å². The van der Waals surface area contributed by atoms with Gasteiger partial charge in [-0.15, -0.1) is 0 Å². The van der Waals surface area contributed by atoms with E-state index in [1.54, 1.807) is 23.0 Å². The minimum Gasteiger partial charge on any atom is -0.369 e. The fourth-order valence-electron chi connectivity index (χ4n) is 3.66. The van der Waals surface area contributed by atoms with Gasteiger partial charge in [0.25, 0.3) is 5.91 Å². The molecule has 2 aromatic heterocycles. The third kappa shape index (κ3) is 3.92. The van der Waals surface area contributed by atoms with Crippen LogP contribution in [-0.4, -0.2) is 64.7 Å². The fourth-order valence-corrected chi connectivity index (χ4v) is 3.66. The van der Waals surface area contributed by atoms with E-state index in [2.05, 4.69) is 55.0 Å². The Balaban J connectivity index is 1.34. The highest BCUT2D eigenvalue weighted by Crippen LogP contribution is 2.22. The predicted molar refractivity (Wildman–Crippen MR) is 117 cm³/mol. The highest BCUT2D eigenvalue weighted by Gasteiger charge is 2.23. The van der Waals surface area contributed by atoms with E-state index in [0.29, 0.717) is 17.0 Å². The molecule has 2 saturated heterocycles. The van der Waals surface area contributed by atoms with Crippen molar-refractivity contribution in [2.45, 2.75) is 0 Å². The van der Waals surface area contributed by atoms with Gasteiger partial charge in [-0.2, -0.15) is 5.10 Å². The van der Waals surface area contributed by atoms with Crippen LogP contribution < -0.4 is 20.9 Å². The monoisotopic (exact) mass is 418 g/mol. The largest absolute Gasteiger partial charge is 0.369 e. The van der Waals surface area contributed by atoms with Gasteiger partial charge in [-0.1, -0.05) is 0 Å². The number of likely N-dealkylation sites (N-methyl/N-ethyl adjacent to an activating group) is 1. The number of hydrogen-bond acceptors (Lipinski definition) is 7. The number of aromatic nitrogens is 3. The molecule has 2 aliphatic heterocycles. The van der Waals surface area contributed by atoms with Crippen molar-refractivity contribution in [3.8, 4) is 0 Å². The third-order valence-electron chi connectivity index (χ3n) is 5.42. The Morgan fingerprint density at radius 2 is 1.81 bits per heavy atom. The number of carbonyl (C=O) groups excluding carboxylic acids is 2. The van der Waals surface area contributed by atoms with E-state index in [-0.39, 0.29) is 5.70 Å². The SMILES string of the molecule is CN1CCN(c2ccc(Nc3ccn4ncc(/C=C5/NC(=O)NC5=O)c4n3)cc2)CC1. The molecule has 0 bridgehead atoms. The van der Waals surface area contributed by atoms with Crippen molar-refractivity contribution < 1.29 is 9.59 Å². The second-order valence-corrected chi connectivity index (χ2v) is 7.61. The highest BCUT2D eigenvalue weighted by molar-refractivity contribution is 6.14. The van der Waals surface area contributed by atoms with E-state index in [1.807, 2.05) is 18.2 Å². The second kappa shape index (κ2) is 7.73. The average Bonchev–Trinajstić information content (AvgIpc) is 3.31. The van der Waals surface area contributed by atoms with Gasteiger partial charge in [-0.05, 0) is 43.5 Å². The van der Waals surface area contributed by atoms with E-state index >= 15 is 0 Å². The Morgan fingerprint density at radius 1 is 1.03 bits per heavy atom. The Labute approximate surface area is 178 Å². The van der Waals surface area contributed by atoms with Crippen LogP contribution in [-0.2, 0) is 4.79 Å². The number of urea groups is 1. The summed E-state index contributed by atoms with van der Waals surface area (Å²) in [7, 11) is 2.15. The molecule has 0 radical (unpaired) electrons. The lowest BCUT2D eigenvalue weighted by atomic mass is 10.2. The molecule has 0 spiro atoms. The first kappa shape index (κ1) is 19.1. The predicted octanol–water partition coefficient (Wildman–Crippen LogP) is 1.40. The summed E-state index contributed by atoms with van der Waals surface area (Å²) in [6.45, 7) is 4.19. The van der Waals surface area contributed by atoms with Gasteiger partial charge < -0.3 is 20.4 Å². The normalized spacial score (nSPS) is 18.5. The molecule has 0 aliphatic carbocycles. The van der Waals surface area contributed by atoms with Gasteiger partial charge in [0.05, 0.1) is 6.20 Å². The van der Waals surface area contributed by atoms with E-state index in [9.17, 15) is 9.59 Å². The van der Waals surface area contributed by atoms with Crippen LogP contribution >= 0.6 is 0 Å². The second-order valence-electron chi connectivity index (χ2n) is 7.61. The number of nitrogens with zero attached hydrogens (tertiary/aromatic N) is 5. The van der Waals surface area contributed by atoms with Crippen molar-refractivity contribution in [1.82, 2.24) is 30.1 Å². The number of benzene rings is 1. The number of anilines is 3. The molecule has 31 heavy (non-hydrogen) atoms. The summed E-state index contributed by atoms with van der Waals surface area (Å²) in [5, 5.41) is 12.2. The Kier molecular flexibility index (Phi) is 4.75. The van der Waals surface area contributed by atoms with Crippen LogP contribution in [0.15, 0.2) is 48.4 Å². The first-order chi connectivity index (χ1) is 15.0. The minimum atomic E-state index is -0.539. The van der Waals surface area contributed by atoms with Crippen LogP contribution in [0.5, 0.6) is 0 Å². The number of rotatable bonds is 4. The van der Waals surface area contributed by atoms with Gasteiger partial charge in [0.1, 0.15) is 11.5 Å². The number of hydrogen-bond donors (Lipinski definition) is 3. The van der Waals surface area contributed by atoms with E-state index in [0.717, 1.165) is 31.9 Å².